The van der Waals surface area contributed by atoms with Gasteiger partial charge in [-0.3, -0.25) is 9.59 Å². The molecule has 0 radical (unpaired) electrons. The minimum atomic E-state index is -1.05. The summed E-state index contributed by atoms with van der Waals surface area (Å²) in [5, 5.41) is 11.7. The van der Waals surface area contributed by atoms with Gasteiger partial charge in [0.1, 0.15) is 12.6 Å². The lowest BCUT2D eigenvalue weighted by Crippen LogP contribution is -2.54. The molecule has 2 amide bonds. The summed E-state index contributed by atoms with van der Waals surface area (Å²) in [5.74, 6) is -1.52. The Morgan fingerprint density at radius 3 is 2.37 bits per heavy atom. The molecule has 2 atom stereocenters. The van der Waals surface area contributed by atoms with Gasteiger partial charge >= 0.3 is 12.1 Å². The number of benzene rings is 2. The van der Waals surface area contributed by atoms with Crippen LogP contribution in [0.25, 0.3) is 11.1 Å². The molecule has 0 spiro atoms. The molecule has 2 aromatic carbocycles. The highest BCUT2D eigenvalue weighted by atomic mass is 16.5. The first-order valence-corrected chi connectivity index (χ1v) is 11.7. The zero-order valence-electron chi connectivity index (χ0n) is 19.6. The number of amides is 2. The van der Waals surface area contributed by atoms with Crippen LogP contribution in [0.4, 0.5) is 4.79 Å². The zero-order valence-corrected chi connectivity index (χ0v) is 19.6. The molecule has 1 saturated heterocycles. The first-order chi connectivity index (χ1) is 17.0. The molecule has 4 rings (SSSR count). The van der Waals surface area contributed by atoms with Crippen LogP contribution in [0.2, 0.25) is 0 Å². The van der Waals surface area contributed by atoms with E-state index in [-0.39, 0.29) is 37.4 Å². The van der Waals surface area contributed by atoms with E-state index in [1.165, 1.54) is 0 Å². The Hall–Kier alpha value is -3.43. The molecule has 0 saturated carbocycles. The number of hydrogen-bond donors (Lipinski definition) is 2. The number of ether oxygens (including phenoxy) is 3. The third-order valence-electron chi connectivity index (χ3n) is 6.38. The molecule has 9 heteroatoms. The molecule has 2 unspecified atom stereocenters. The first kappa shape index (κ1) is 24.7. The smallest absolute Gasteiger partial charge is 0.407 e. The molecule has 1 aliphatic heterocycles. The Morgan fingerprint density at radius 2 is 1.74 bits per heavy atom. The summed E-state index contributed by atoms with van der Waals surface area (Å²) in [5.41, 5.74) is 4.39. The van der Waals surface area contributed by atoms with Crippen LogP contribution in [-0.2, 0) is 23.8 Å². The highest BCUT2D eigenvalue weighted by Crippen LogP contribution is 2.44. The maximum absolute atomic E-state index is 13.2. The normalized spacial score (nSPS) is 17.9. The molecular weight excluding hydrogens is 452 g/mol. The van der Waals surface area contributed by atoms with Crippen molar-refractivity contribution in [3.05, 3.63) is 59.7 Å². The van der Waals surface area contributed by atoms with Crippen molar-refractivity contribution >= 4 is 18.0 Å². The van der Waals surface area contributed by atoms with E-state index in [4.69, 9.17) is 19.3 Å². The second-order valence-electron chi connectivity index (χ2n) is 8.69. The second-order valence-corrected chi connectivity index (χ2v) is 8.69. The topological polar surface area (TPSA) is 114 Å². The van der Waals surface area contributed by atoms with E-state index in [0.717, 1.165) is 22.3 Å². The summed E-state index contributed by atoms with van der Waals surface area (Å²) in [6.07, 6.45) is -1.32. The predicted octanol–water partition coefficient (Wildman–Crippen LogP) is 2.63. The lowest BCUT2D eigenvalue weighted by atomic mass is 9.98. The maximum atomic E-state index is 13.2. The van der Waals surface area contributed by atoms with Crippen LogP contribution in [0.5, 0.6) is 0 Å². The van der Waals surface area contributed by atoms with Crippen molar-refractivity contribution in [1.29, 1.82) is 0 Å². The monoisotopic (exact) mass is 482 g/mol. The van der Waals surface area contributed by atoms with Crippen molar-refractivity contribution in [1.82, 2.24) is 10.2 Å². The van der Waals surface area contributed by atoms with Crippen LogP contribution in [-0.4, -0.2) is 80.1 Å². The fourth-order valence-corrected chi connectivity index (χ4v) is 4.73. The Bertz CT molecular complexity index is 1030. The fraction of sp³-hybridized carbons (Fsp3) is 0.423. The molecule has 2 N–H and O–H groups in total. The van der Waals surface area contributed by atoms with Crippen LogP contribution in [0.15, 0.2) is 48.5 Å². The number of carboxylic acid groups (broad SMARTS) is 1. The van der Waals surface area contributed by atoms with Crippen LogP contribution in [0, 0.1) is 0 Å². The van der Waals surface area contributed by atoms with Crippen molar-refractivity contribution < 1.29 is 33.7 Å². The van der Waals surface area contributed by atoms with Gasteiger partial charge in [-0.2, -0.15) is 0 Å². The molecule has 1 aliphatic carbocycles. The summed E-state index contributed by atoms with van der Waals surface area (Å²) < 4.78 is 16.3. The third-order valence-corrected chi connectivity index (χ3v) is 6.38. The van der Waals surface area contributed by atoms with E-state index in [1.807, 2.05) is 48.5 Å². The molecule has 1 fully saturated rings. The Kier molecular flexibility index (Phi) is 7.99. The second kappa shape index (κ2) is 11.3. The van der Waals surface area contributed by atoms with E-state index in [9.17, 15) is 14.4 Å². The van der Waals surface area contributed by atoms with Gasteiger partial charge in [0.15, 0.2) is 0 Å². The Morgan fingerprint density at radius 1 is 1.09 bits per heavy atom. The Labute approximate surface area is 204 Å². The number of morpholine rings is 1. The summed E-state index contributed by atoms with van der Waals surface area (Å²) in [7, 11) is 1.55. The quantitative estimate of drug-likeness (QED) is 0.565. The predicted molar refractivity (Wildman–Crippen MR) is 127 cm³/mol. The lowest BCUT2D eigenvalue weighted by Gasteiger charge is -2.34. The zero-order chi connectivity index (χ0) is 24.8. The molecule has 0 bridgehead atoms. The van der Waals surface area contributed by atoms with Gasteiger partial charge in [-0.15, -0.1) is 0 Å². The van der Waals surface area contributed by atoms with E-state index in [0.29, 0.717) is 26.3 Å². The minimum Gasteiger partial charge on any atom is -0.481 e. The molecule has 2 aliphatic rings. The average Bonchev–Trinajstić information content (AvgIpc) is 3.19. The van der Waals surface area contributed by atoms with E-state index < -0.39 is 18.1 Å². The van der Waals surface area contributed by atoms with Crippen molar-refractivity contribution in [2.24, 2.45) is 0 Å². The number of rotatable bonds is 9. The lowest BCUT2D eigenvalue weighted by molar-refractivity contribution is -0.143. The van der Waals surface area contributed by atoms with Gasteiger partial charge in [0, 0.05) is 32.5 Å². The van der Waals surface area contributed by atoms with E-state index in [2.05, 4.69) is 5.32 Å². The van der Waals surface area contributed by atoms with Crippen LogP contribution in [0.1, 0.15) is 29.9 Å². The summed E-state index contributed by atoms with van der Waals surface area (Å²) >= 11 is 0. The SMILES string of the molecule is COCC1CN(C(=O)C(CCC(=O)O)NC(=O)OCC2c3ccccc3-c3ccccc32)CCO1. The maximum Gasteiger partial charge on any atom is 0.407 e. The number of hydrogen-bond acceptors (Lipinski definition) is 6. The summed E-state index contributed by atoms with van der Waals surface area (Å²) in [6, 6.07) is 15.0. The van der Waals surface area contributed by atoms with Gasteiger partial charge < -0.3 is 29.5 Å². The molecule has 35 heavy (non-hydrogen) atoms. The highest BCUT2D eigenvalue weighted by Gasteiger charge is 2.32. The molecule has 2 aromatic rings. The summed E-state index contributed by atoms with van der Waals surface area (Å²) in [6.45, 7) is 1.45. The third kappa shape index (κ3) is 5.80. The molecular formula is C26H30N2O7. The van der Waals surface area contributed by atoms with Gasteiger partial charge in [0.25, 0.3) is 0 Å². The first-order valence-electron chi connectivity index (χ1n) is 11.7. The number of nitrogens with one attached hydrogen (secondary N) is 1. The number of methoxy groups -OCH3 is 1. The van der Waals surface area contributed by atoms with Crippen LogP contribution < -0.4 is 5.32 Å². The fourth-order valence-electron chi connectivity index (χ4n) is 4.73. The van der Waals surface area contributed by atoms with Crippen molar-refractivity contribution in [3.63, 3.8) is 0 Å². The van der Waals surface area contributed by atoms with Gasteiger partial charge in [0.2, 0.25) is 5.91 Å². The molecule has 9 nitrogen and oxygen atoms in total. The standard InChI is InChI=1S/C26H30N2O7/c1-33-15-17-14-28(12-13-34-17)25(31)23(10-11-24(29)30)27-26(32)35-16-22-20-8-4-2-6-18(20)19-7-3-5-9-21(19)22/h2-9,17,22-23H,10-16H2,1H3,(H,27,32)(H,29,30). The van der Waals surface area contributed by atoms with Gasteiger partial charge in [0.05, 0.1) is 19.3 Å². The van der Waals surface area contributed by atoms with Crippen LogP contribution >= 0.6 is 0 Å². The van der Waals surface area contributed by atoms with Crippen molar-refractivity contribution in [3.8, 4) is 11.1 Å². The van der Waals surface area contributed by atoms with E-state index >= 15 is 0 Å². The Balaban J connectivity index is 1.41. The number of fused-ring (bicyclic) bond motifs is 3. The summed E-state index contributed by atoms with van der Waals surface area (Å²) in [4.78, 5) is 38.6. The van der Waals surface area contributed by atoms with E-state index in [1.54, 1.807) is 12.0 Å². The highest BCUT2D eigenvalue weighted by molar-refractivity contribution is 5.86. The number of carbonyl (C=O) groups excluding carboxylic acids is 2. The van der Waals surface area contributed by atoms with Gasteiger partial charge in [-0.1, -0.05) is 48.5 Å². The molecule has 1 heterocycles. The number of carboxylic acids is 1. The van der Waals surface area contributed by atoms with Gasteiger partial charge in [-0.05, 0) is 28.7 Å². The van der Waals surface area contributed by atoms with Crippen molar-refractivity contribution in [2.75, 3.05) is 40.0 Å². The van der Waals surface area contributed by atoms with Crippen molar-refractivity contribution in [2.45, 2.75) is 30.9 Å². The number of carbonyl (C=O) groups is 3. The number of aliphatic carboxylic acids is 1. The van der Waals surface area contributed by atoms with Gasteiger partial charge in [-0.25, -0.2) is 4.79 Å². The average molecular weight is 483 g/mol. The largest absolute Gasteiger partial charge is 0.481 e. The number of nitrogens with zero attached hydrogens (tertiary/aromatic N) is 1. The molecule has 0 aromatic heterocycles. The minimum absolute atomic E-state index is 0.0370. The van der Waals surface area contributed by atoms with Crippen LogP contribution in [0.3, 0.4) is 0 Å². The number of alkyl carbamates (subject to hydrolysis) is 1. The molecule has 186 valence electrons.